The van der Waals surface area contributed by atoms with Crippen molar-refractivity contribution >= 4 is 60.4 Å². The first-order valence-corrected chi connectivity index (χ1v) is 22.0. The van der Waals surface area contributed by atoms with Crippen LogP contribution >= 0.6 is 0 Å². The summed E-state index contributed by atoms with van der Waals surface area (Å²) in [6.45, 7) is 0. The van der Waals surface area contributed by atoms with E-state index < -0.39 is 0 Å². The predicted molar refractivity (Wildman–Crippen MR) is 272 cm³/mol. The Balaban J connectivity index is 0.927. The summed E-state index contributed by atoms with van der Waals surface area (Å²) in [6, 6.07) is 92.7. The molecule has 0 amide bonds. The fourth-order valence-electron chi connectivity index (χ4n) is 9.64. The summed E-state index contributed by atoms with van der Waals surface area (Å²) in [6.07, 6.45) is 0. The van der Waals surface area contributed by atoms with Crippen LogP contribution in [0.2, 0.25) is 0 Å². The standard InChI is InChI=1S/C62H42N2/c1-2-15-49-41-51(32-31-43(49)13-1)46-29-27-44(28-30-46)45-33-37-52(38-34-45)63(60-24-8-5-20-57(60)56-23-12-16-48-14-3-4-19-55(48)56)53-39-35-47(36-40-53)50-17-11-18-54(42-50)64-61-25-9-6-21-58(61)59-22-7-10-26-62(59)64/h1-42H. The lowest BCUT2D eigenvalue weighted by Gasteiger charge is -2.28. The second-order valence-corrected chi connectivity index (χ2v) is 16.5. The molecule has 300 valence electrons. The molecule has 1 heterocycles. The Labute approximate surface area is 373 Å². The molecule has 11 aromatic carbocycles. The third kappa shape index (κ3) is 6.61. The van der Waals surface area contributed by atoms with E-state index in [2.05, 4.69) is 264 Å². The minimum absolute atomic E-state index is 1.09. The third-order valence-corrected chi connectivity index (χ3v) is 12.8. The van der Waals surface area contributed by atoms with Crippen LogP contribution in [0, 0.1) is 0 Å². The quantitative estimate of drug-likeness (QED) is 0.148. The molecular weight excluding hydrogens is 773 g/mol. The van der Waals surface area contributed by atoms with Gasteiger partial charge >= 0.3 is 0 Å². The third-order valence-electron chi connectivity index (χ3n) is 12.8. The number of anilines is 3. The van der Waals surface area contributed by atoms with E-state index in [0.717, 1.165) is 28.3 Å². The van der Waals surface area contributed by atoms with Crippen LogP contribution in [-0.2, 0) is 0 Å². The first-order valence-electron chi connectivity index (χ1n) is 22.0. The molecular formula is C62H42N2. The lowest BCUT2D eigenvalue weighted by molar-refractivity contribution is 1.18. The molecule has 12 rings (SSSR count). The van der Waals surface area contributed by atoms with Crippen molar-refractivity contribution in [2.24, 2.45) is 0 Å². The van der Waals surface area contributed by atoms with E-state index in [9.17, 15) is 0 Å². The molecule has 0 unspecified atom stereocenters. The zero-order valence-electron chi connectivity index (χ0n) is 35.1. The van der Waals surface area contributed by atoms with Crippen LogP contribution in [0.15, 0.2) is 255 Å². The van der Waals surface area contributed by atoms with E-state index in [0.29, 0.717) is 0 Å². The fourth-order valence-corrected chi connectivity index (χ4v) is 9.64. The molecule has 2 heteroatoms. The molecule has 0 saturated heterocycles. The van der Waals surface area contributed by atoms with Gasteiger partial charge in [0.05, 0.1) is 16.7 Å². The van der Waals surface area contributed by atoms with Crippen molar-refractivity contribution in [2.45, 2.75) is 0 Å². The van der Waals surface area contributed by atoms with E-state index in [1.807, 2.05) is 0 Å². The molecule has 0 aliphatic rings. The Morgan fingerprint density at radius 3 is 1.39 bits per heavy atom. The predicted octanol–water partition coefficient (Wildman–Crippen LogP) is 17.2. The van der Waals surface area contributed by atoms with Crippen molar-refractivity contribution in [2.75, 3.05) is 4.90 Å². The summed E-state index contributed by atoms with van der Waals surface area (Å²) < 4.78 is 2.39. The van der Waals surface area contributed by atoms with Crippen LogP contribution in [0.4, 0.5) is 17.1 Å². The fraction of sp³-hybridized carbons (Fsp3) is 0. The largest absolute Gasteiger partial charge is 0.310 e. The SMILES string of the molecule is c1cc(-c2ccc(N(c3ccc(-c4ccc(-c5ccc6ccccc6c5)cc4)cc3)c3ccccc3-c3cccc4ccccc34)cc2)cc(-n2c3ccccc3c3ccccc32)c1. The van der Waals surface area contributed by atoms with E-state index in [-0.39, 0.29) is 0 Å². The monoisotopic (exact) mass is 814 g/mol. The highest BCUT2D eigenvalue weighted by molar-refractivity contribution is 6.09. The highest BCUT2D eigenvalue weighted by Gasteiger charge is 2.19. The van der Waals surface area contributed by atoms with Gasteiger partial charge in [-0.15, -0.1) is 0 Å². The molecule has 0 atom stereocenters. The van der Waals surface area contributed by atoms with Gasteiger partial charge in [0.1, 0.15) is 0 Å². The van der Waals surface area contributed by atoms with E-state index in [4.69, 9.17) is 0 Å². The Morgan fingerprint density at radius 1 is 0.266 bits per heavy atom. The summed E-state index contributed by atoms with van der Waals surface area (Å²) in [4.78, 5) is 2.40. The van der Waals surface area contributed by atoms with Gasteiger partial charge in [-0.3, -0.25) is 0 Å². The van der Waals surface area contributed by atoms with Crippen LogP contribution < -0.4 is 4.90 Å². The molecule has 0 bridgehead atoms. The number of hydrogen-bond acceptors (Lipinski definition) is 1. The molecule has 0 aliphatic heterocycles. The normalized spacial score (nSPS) is 11.4. The average molecular weight is 815 g/mol. The van der Waals surface area contributed by atoms with Crippen molar-refractivity contribution in [3.63, 3.8) is 0 Å². The summed E-state index contributed by atoms with van der Waals surface area (Å²) in [5, 5.41) is 7.50. The first-order chi connectivity index (χ1) is 31.7. The number of rotatable bonds is 8. The molecule has 0 aliphatic carbocycles. The maximum absolute atomic E-state index is 2.40. The molecule has 2 nitrogen and oxygen atoms in total. The number of fused-ring (bicyclic) bond motifs is 5. The van der Waals surface area contributed by atoms with Gasteiger partial charge in [-0.2, -0.15) is 0 Å². The summed E-state index contributed by atoms with van der Waals surface area (Å²) in [7, 11) is 0. The second kappa shape index (κ2) is 15.8. The number of para-hydroxylation sites is 3. The van der Waals surface area contributed by atoms with E-state index >= 15 is 0 Å². The maximum Gasteiger partial charge on any atom is 0.0541 e. The Morgan fingerprint density at radius 2 is 0.719 bits per heavy atom. The smallest absolute Gasteiger partial charge is 0.0541 e. The van der Waals surface area contributed by atoms with Crippen LogP contribution in [0.1, 0.15) is 0 Å². The van der Waals surface area contributed by atoms with Crippen LogP contribution in [-0.4, -0.2) is 4.57 Å². The van der Waals surface area contributed by atoms with Crippen molar-refractivity contribution < 1.29 is 0 Å². The minimum atomic E-state index is 1.09. The lowest BCUT2D eigenvalue weighted by Crippen LogP contribution is -2.11. The Kier molecular flexibility index (Phi) is 9.20. The molecule has 0 saturated carbocycles. The minimum Gasteiger partial charge on any atom is -0.310 e. The molecule has 1 aromatic heterocycles. The van der Waals surface area contributed by atoms with Crippen molar-refractivity contribution in [1.29, 1.82) is 0 Å². The molecule has 0 N–H and O–H groups in total. The topological polar surface area (TPSA) is 8.17 Å². The number of hydrogen-bond donors (Lipinski definition) is 0. The zero-order chi connectivity index (χ0) is 42.4. The van der Waals surface area contributed by atoms with Gasteiger partial charge in [0, 0.05) is 33.4 Å². The highest BCUT2D eigenvalue weighted by Crippen LogP contribution is 2.44. The summed E-state index contributed by atoms with van der Waals surface area (Å²) >= 11 is 0. The summed E-state index contributed by atoms with van der Waals surface area (Å²) in [5.41, 5.74) is 16.4. The van der Waals surface area contributed by atoms with Gasteiger partial charge in [0.25, 0.3) is 0 Å². The second-order valence-electron chi connectivity index (χ2n) is 16.5. The van der Waals surface area contributed by atoms with E-state index in [1.54, 1.807) is 0 Å². The van der Waals surface area contributed by atoms with Gasteiger partial charge < -0.3 is 9.47 Å². The lowest BCUT2D eigenvalue weighted by atomic mass is 9.95. The molecule has 0 spiro atoms. The average Bonchev–Trinajstić information content (AvgIpc) is 3.71. The molecule has 0 radical (unpaired) electrons. The van der Waals surface area contributed by atoms with Gasteiger partial charge in [0.15, 0.2) is 0 Å². The number of benzene rings is 11. The number of nitrogens with zero attached hydrogens (tertiary/aromatic N) is 2. The molecule has 64 heavy (non-hydrogen) atoms. The van der Waals surface area contributed by atoms with E-state index in [1.165, 1.54) is 82.3 Å². The first kappa shape index (κ1) is 37.3. The maximum atomic E-state index is 2.40. The Hall–Kier alpha value is -8.46. The summed E-state index contributed by atoms with van der Waals surface area (Å²) in [5.74, 6) is 0. The van der Waals surface area contributed by atoms with Gasteiger partial charge in [-0.05, 0) is 121 Å². The zero-order valence-corrected chi connectivity index (χ0v) is 35.1. The Bertz CT molecular complexity index is 3590. The van der Waals surface area contributed by atoms with Crippen molar-refractivity contribution in [3.05, 3.63) is 255 Å². The number of aromatic nitrogens is 1. The molecule has 0 fully saturated rings. The highest BCUT2D eigenvalue weighted by atomic mass is 15.1. The van der Waals surface area contributed by atoms with Gasteiger partial charge in [-0.25, -0.2) is 0 Å². The van der Waals surface area contributed by atoms with Crippen LogP contribution in [0.5, 0.6) is 0 Å². The molecule has 12 aromatic rings. The van der Waals surface area contributed by atoms with Crippen molar-refractivity contribution in [3.8, 4) is 50.2 Å². The van der Waals surface area contributed by atoms with Crippen LogP contribution in [0.3, 0.4) is 0 Å². The van der Waals surface area contributed by atoms with Gasteiger partial charge in [-0.1, -0.05) is 194 Å². The van der Waals surface area contributed by atoms with Gasteiger partial charge in [0.2, 0.25) is 0 Å². The van der Waals surface area contributed by atoms with Crippen LogP contribution in [0.25, 0.3) is 93.5 Å². The van der Waals surface area contributed by atoms with Crippen molar-refractivity contribution in [1.82, 2.24) is 4.57 Å².